The van der Waals surface area contributed by atoms with Crippen LogP contribution in [0, 0.1) is 25.2 Å². The Kier molecular flexibility index (Phi) is 12.0. The first-order valence-electron chi connectivity index (χ1n) is 18.3. The lowest BCUT2D eigenvalue weighted by molar-refractivity contribution is 0.0353. The smallest absolute Gasteiger partial charge is 0.264 e. The lowest BCUT2D eigenvalue weighted by Crippen LogP contribution is -2.45. The number of hydrogen-bond donors (Lipinski definition) is 0. The number of nitrogens with zero attached hydrogens (tertiary/aromatic N) is 6. The minimum absolute atomic E-state index is 0. The van der Waals surface area contributed by atoms with E-state index in [4.69, 9.17) is 16.3 Å². The third-order valence-corrected chi connectivity index (χ3v) is 11.3. The Labute approximate surface area is 328 Å². The number of morpholine rings is 1. The molecule has 1 saturated heterocycles. The number of aromatic nitrogens is 2. The number of nitriles is 1. The van der Waals surface area contributed by atoms with Gasteiger partial charge in [-0.2, -0.15) is 5.26 Å². The summed E-state index contributed by atoms with van der Waals surface area (Å²) in [5.74, 6) is -0.291. The Morgan fingerprint density at radius 1 is 0.889 bits per heavy atom. The second-order valence-corrected chi connectivity index (χ2v) is 14.5. The molecule has 5 aromatic rings. The molecule has 2 amide bonds. The lowest BCUT2D eigenvalue weighted by Gasteiger charge is -2.38. The molecule has 1 atom stereocenters. The van der Waals surface area contributed by atoms with Gasteiger partial charge in [-0.3, -0.25) is 19.4 Å². The average Bonchev–Trinajstić information content (AvgIpc) is 3.64. The molecule has 7 rings (SSSR count). The summed E-state index contributed by atoms with van der Waals surface area (Å²) in [6, 6.07) is 29.2. The van der Waals surface area contributed by atoms with Gasteiger partial charge in [-0.1, -0.05) is 54.1 Å². The largest absolute Gasteiger partial charge is 0.379 e. The number of anilines is 2. The predicted octanol–water partition coefficient (Wildman–Crippen LogP) is 8.25. The molecule has 0 bridgehead atoms. The summed E-state index contributed by atoms with van der Waals surface area (Å²) in [7, 11) is 3.74. The van der Waals surface area contributed by atoms with E-state index >= 15 is 0 Å². The van der Waals surface area contributed by atoms with E-state index in [1.54, 1.807) is 21.6 Å². The van der Waals surface area contributed by atoms with Gasteiger partial charge in [0.25, 0.3) is 11.8 Å². The second-order valence-electron chi connectivity index (χ2n) is 14.1. The molecule has 0 saturated carbocycles. The van der Waals surface area contributed by atoms with Crippen LogP contribution in [0.2, 0.25) is 5.02 Å². The van der Waals surface area contributed by atoms with Crippen molar-refractivity contribution in [1.29, 1.82) is 5.26 Å². The van der Waals surface area contributed by atoms with E-state index in [2.05, 4.69) is 29.2 Å². The number of rotatable bonds is 9. The van der Waals surface area contributed by atoms with Crippen LogP contribution >= 0.6 is 24.0 Å². The van der Waals surface area contributed by atoms with Crippen molar-refractivity contribution in [2.45, 2.75) is 45.7 Å². The van der Waals surface area contributed by atoms with Crippen LogP contribution in [0.4, 0.5) is 11.4 Å². The molecule has 2 aliphatic heterocycles. The standard InChI is InChI=1S/C43H45ClN6O3.ClH/c1-29-38(43(52)50(34-13-6-5-7-14-34)40-25-36(27-45)46(3)30(40)2)26-41(47(29)4)39-24-33(44)16-17-37(39)42(51)49-28-32-12-9-8-11-31(32)23-35(49)15-10-18-48-19-21-53-22-20-48;/h5-9,11-14,16-17,24-26,35H,10,15,18-23,28H2,1-4H3;1H/t35-;/m1./s1. The van der Waals surface area contributed by atoms with E-state index in [0.29, 0.717) is 51.0 Å². The van der Waals surface area contributed by atoms with Crippen molar-refractivity contribution in [2.75, 3.05) is 37.7 Å². The SMILES string of the molecule is Cc1c(N(C(=O)c2cc(-c3cc(Cl)ccc3C(=O)N3Cc4ccccc4C[C@H]3CCCN3CCOCC3)n(C)c2C)c2ccccc2)cc(C#N)n1C.Cl. The summed E-state index contributed by atoms with van der Waals surface area (Å²) in [6.07, 6.45) is 2.68. The van der Waals surface area contributed by atoms with Gasteiger partial charge >= 0.3 is 0 Å². The van der Waals surface area contributed by atoms with Gasteiger partial charge in [0.15, 0.2) is 0 Å². The minimum Gasteiger partial charge on any atom is -0.379 e. The monoisotopic (exact) mass is 764 g/mol. The maximum Gasteiger partial charge on any atom is 0.264 e. The second kappa shape index (κ2) is 16.7. The van der Waals surface area contributed by atoms with Crippen LogP contribution in [-0.2, 0) is 31.8 Å². The Morgan fingerprint density at radius 3 is 2.30 bits per heavy atom. The van der Waals surface area contributed by atoms with E-state index in [1.165, 1.54) is 11.1 Å². The zero-order valence-corrected chi connectivity index (χ0v) is 32.8. The fourth-order valence-corrected chi connectivity index (χ4v) is 7.95. The van der Waals surface area contributed by atoms with E-state index < -0.39 is 0 Å². The summed E-state index contributed by atoms with van der Waals surface area (Å²) < 4.78 is 9.30. The summed E-state index contributed by atoms with van der Waals surface area (Å²) in [6.45, 7) is 8.76. The summed E-state index contributed by atoms with van der Waals surface area (Å²) in [5, 5.41) is 10.3. The van der Waals surface area contributed by atoms with E-state index in [1.807, 2.05) is 92.0 Å². The zero-order chi connectivity index (χ0) is 37.2. The number of fused-ring (bicyclic) bond motifs is 1. The average molecular weight is 766 g/mol. The Hall–Kier alpha value is -4.85. The van der Waals surface area contributed by atoms with Crippen LogP contribution in [-0.4, -0.2) is 69.6 Å². The van der Waals surface area contributed by atoms with E-state index in [-0.39, 0.29) is 30.3 Å². The number of ether oxygens (including phenoxy) is 1. The Bertz CT molecular complexity index is 2200. The fraction of sp³-hybridized carbons (Fsp3) is 0.326. The molecular formula is C43H46Cl2N6O3. The van der Waals surface area contributed by atoms with Crippen molar-refractivity contribution < 1.29 is 14.3 Å². The van der Waals surface area contributed by atoms with Crippen molar-refractivity contribution in [2.24, 2.45) is 14.1 Å². The molecule has 0 N–H and O–H groups in total. The van der Waals surface area contributed by atoms with Crippen molar-refractivity contribution in [3.05, 3.63) is 129 Å². The van der Waals surface area contributed by atoms with Crippen molar-refractivity contribution in [3.63, 3.8) is 0 Å². The number of para-hydroxylation sites is 1. The lowest BCUT2D eigenvalue weighted by atomic mass is 9.90. The summed E-state index contributed by atoms with van der Waals surface area (Å²) >= 11 is 6.66. The normalized spacial score (nSPS) is 15.6. The number of carbonyl (C=O) groups is 2. The molecule has 0 spiro atoms. The van der Waals surface area contributed by atoms with E-state index in [9.17, 15) is 14.9 Å². The van der Waals surface area contributed by atoms with Gasteiger partial charge in [0, 0.05) is 78.7 Å². The molecule has 280 valence electrons. The van der Waals surface area contributed by atoms with Crippen LogP contribution in [0.25, 0.3) is 11.3 Å². The number of hydrogen-bond acceptors (Lipinski definition) is 5. The first kappa shape index (κ1) is 38.9. The molecule has 0 unspecified atom stereocenters. The fourth-order valence-electron chi connectivity index (χ4n) is 7.78. The molecular weight excluding hydrogens is 719 g/mol. The highest BCUT2D eigenvalue weighted by Crippen LogP contribution is 2.37. The van der Waals surface area contributed by atoms with Crippen LogP contribution in [0.1, 0.15) is 61.8 Å². The third-order valence-electron chi connectivity index (χ3n) is 11.1. The molecule has 0 radical (unpaired) electrons. The number of benzene rings is 3. The van der Waals surface area contributed by atoms with Crippen LogP contribution in [0.3, 0.4) is 0 Å². The van der Waals surface area contributed by atoms with Crippen molar-refractivity contribution in [1.82, 2.24) is 18.9 Å². The molecule has 2 aliphatic rings. The molecule has 1 fully saturated rings. The number of amides is 2. The highest BCUT2D eigenvalue weighted by Gasteiger charge is 2.33. The van der Waals surface area contributed by atoms with Crippen molar-refractivity contribution >= 4 is 47.2 Å². The Morgan fingerprint density at radius 2 is 1.59 bits per heavy atom. The Balaban J connectivity index is 0.00000497. The number of halogens is 2. The van der Waals surface area contributed by atoms with Crippen LogP contribution in [0.15, 0.2) is 84.9 Å². The van der Waals surface area contributed by atoms with Gasteiger partial charge in [0.1, 0.15) is 11.8 Å². The topological polar surface area (TPSA) is 86.7 Å². The van der Waals surface area contributed by atoms with Gasteiger partial charge in [0.2, 0.25) is 0 Å². The van der Waals surface area contributed by atoms with Crippen LogP contribution < -0.4 is 4.90 Å². The van der Waals surface area contributed by atoms with Gasteiger partial charge in [-0.15, -0.1) is 12.4 Å². The quantitative estimate of drug-likeness (QED) is 0.151. The molecule has 0 aliphatic carbocycles. The first-order chi connectivity index (χ1) is 25.7. The molecule has 4 heterocycles. The number of carbonyl (C=O) groups excluding carboxylic acids is 2. The van der Waals surface area contributed by atoms with Crippen molar-refractivity contribution in [3.8, 4) is 17.3 Å². The molecule has 2 aromatic heterocycles. The van der Waals surface area contributed by atoms with Gasteiger partial charge < -0.3 is 18.8 Å². The zero-order valence-electron chi connectivity index (χ0n) is 31.2. The highest BCUT2D eigenvalue weighted by atomic mass is 35.5. The summed E-state index contributed by atoms with van der Waals surface area (Å²) in [4.78, 5) is 35.7. The highest BCUT2D eigenvalue weighted by molar-refractivity contribution is 6.31. The van der Waals surface area contributed by atoms with Gasteiger partial charge in [0.05, 0.1) is 24.5 Å². The van der Waals surface area contributed by atoms with Gasteiger partial charge in [-0.05, 0) is 93.2 Å². The summed E-state index contributed by atoms with van der Waals surface area (Å²) in [5.41, 5.74) is 8.19. The molecule has 3 aromatic carbocycles. The predicted molar refractivity (Wildman–Crippen MR) is 216 cm³/mol. The minimum atomic E-state index is -0.239. The first-order valence-corrected chi connectivity index (χ1v) is 18.6. The third kappa shape index (κ3) is 7.57. The molecule has 9 nitrogen and oxygen atoms in total. The van der Waals surface area contributed by atoms with Crippen LogP contribution in [0.5, 0.6) is 0 Å². The molecule has 54 heavy (non-hydrogen) atoms. The maximum atomic E-state index is 14.8. The van der Waals surface area contributed by atoms with E-state index in [0.717, 1.165) is 63.5 Å². The molecule has 11 heteroatoms. The van der Waals surface area contributed by atoms with Gasteiger partial charge in [-0.25, -0.2) is 0 Å². The maximum absolute atomic E-state index is 14.8.